The normalized spacial score (nSPS) is 10.8. The monoisotopic (exact) mass is 278 g/mol. The number of ether oxygens (including phenoxy) is 1. The smallest absolute Gasteiger partial charge is 0.414 e. The van der Waals surface area contributed by atoms with Crippen molar-refractivity contribution in [3.8, 4) is 0 Å². The second-order valence-corrected chi connectivity index (χ2v) is 5.24. The van der Waals surface area contributed by atoms with Crippen molar-refractivity contribution in [2.45, 2.75) is 26.4 Å². The molecule has 1 aromatic rings. The topological polar surface area (TPSA) is 72.7 Å². The molecule has 0 saturated carbocycles. The summed E-state index contributed by atoms with van der Waals surface area (Å²) in [6, 6.07) is 4.20. The van der Waals surface area contributed by atoms with Gasteiger partial charge in [-0.2, -0.15) is 0 Å². The predicted molar refractivity (Wildman–Crippen MR) is 77.8 cm³/mol. The van der Waals surface area contributed by atoms with Crippen molar-refractivity contribution < 1.29 is 14.5 Å². The molecule has 0 radical (unpaired) electrons. The fourth-order valence-corrected chi connectivity index (χ4v) is 1.55. The Hall–Kier alpha value is -2.37. The lowest BCUT2D eigenvalue weighted by Gasteiger charge is -2.25. The maximum atomic E-state index is 12.0. The molecule has 1 rings (SSSR count). The third-order valence-corrected chi connectivity index (χ3v) is 2.47. The highest BCUT2D eigenvalue weighted by Crippen LogP contribution is 2.26. The zero-order chi connectivity index (χ0) is 15.5. The van der Waals surface area contributed by atoms with Gasteiger partial charge < -0.3 is 4.74 Å². The summed E-state index contributed by atoms with van der Waals surface area (Å²) in [5.41, 5.74) is 0.328. The van der Waals surface area contributed by atoms with Gasteiger partial charge in [-0.3, -0.25) is 15.0 Å². The molecule has 6 heteroatoms. The van der Waals surface area contributed by atoms with Crippen molar-refractivity contribution in [3.63, 3.8) is 0 Å². The van der Waals surface area contributed by atoms with E-state index >= 15 is 0 Å². The summed E-state index contributed by atoms with van der Waals surface area (Å²) in [6.07, 6.45) is 0.929. The Morgan fingerprint density at radius 1 is 1.45 bits per heavy atom. The molecule has 6 nitrogen and oxygen atoms in total. The summed E-state index contributed by atoms with van der Waals surface area (Å²) in [6.45, 7) is 8.91. The van der Waals surface area contributed by atoms with E-state index in [4.69, 9.17) is 4.74 Å². The van der Waals surface area contributed by atoms with E-state index in [0.29, 0.717) is 11.3 Å². The summed E-state index contributed by atoms with van der Waals surface area (Å²) < 4.78 is 5.25. The van der Waals surface area contributed by atoms with E-state index in [1.165, 1.54) is 29.2 Å². The van der Waals surface area contributed by atoms with Crippen LogP contribution in [0.15, 0.2) is 24.8 Å². The van der Waals surface area contributed by atoms with E-state index in [1.807, 2.05) is 0 Å². The average Bonchev–Trinajstić information content (AvgIpc) is 2.34. The lowest BCUT2D eigenvalue weighted by molar-refractivity contribution is -0.384. The number of anilines is 1. The molecule has 0 aliphatic carbocycles. The number of carbonyl (C=O) groups is 1. The van der Waals surface area contributed by atoms with E-state index < -0.39 is 16.6 Å². The van der Waals surface area contributed by atoms with Crippen LogP contribution in [0.25, 0.3) is 6.08 Å². The van der Waals surface area contributed by atoms with E-state index in [-0.39, 0.29) is 5.69 Å². The van der Waals surface area contributed by atoms with Crippen LogP contribution < -0.4 is 4.90 Å². The number of nitro benzene ring substituents is 1. The Labute approximate surface area is 117 Å². The van der Waals surface area contributed by atoms with Gasteiger partial charge in [-0.1, -0.05) is 12.7 Å². The van der Waals surface area contributed by atoms with Crippen LogP contribution in [0, 0.1) is 10.1 Å². The van der Waals surface area contributed by atoms with Crippen molar-refractivity contribution in [3.05, 3.63) is 40.5 Å². The van der Waals surface area contributed by atoms with Gasteiger partial charge in [0.1, 0.15) is 5.60 Å². The van der Waals surface area contributed by atoms with Crippen LogP contribution in [0.5, 0.6) is 0 Å². The van der Waals surface area contributed by atoms with E-state index in [0.717, 1.165) is 0 Å². The van der Waals surface area contributed by atoms with Gasteiger partial charge in [0.2, 0.25) is 0 Å². The number of hydrogen-bond donors (Lipinski definition) is 0. The highest BCUT2D eigenvalue weighted by Gasteiger charge is 2.22. The van der Waals surface area contributed by atoms with Gasteiger partial charge in [0.25, 0.3) is 5.69 Å². The molecule has 0 spiro atoms. The van der Waals surface area contributed by atoms with Crippen LogP contribution in [0.2, 0.25) is 0 Å². The van der Waals surface area contributed by atoms with Crippen molar-refractivity contribution in [2.75, 3.05) is 11.9 Å². The third-order valence-electron chi connectivity index (χ3n) is 2.47. The van der Waals surface area contributed by atoms with Gasteiger partial charge >= 0.3 is 6.09 Å². The molecule has 0 bridgehead atoms. The minimum Gasteiger partial charge on any atom is -0.443 e. The number of carbonyl (C=O) groups excluding carboxylic acids is 1. The van der Waals surface area contributed by atoms with Gasteiger partial charge in [0, 0.05) is 24.7 Å². The standard InChI is InChI=1S/C14H18N2O4/c1-6-10-9-11(16(18)19)7-8-12(10)15(5)13(17)20-14(2,3)4/h6-9H,1H2,2-5H3. The number of hydrogen-bond acceptors (Lipinski definition) is 4. The van der Waals surface area contributed by atoms with Gasteiger partial charge in [0.05, 0.1) is 10.6 Å². The van der Waals surface area contributed by atoms with Crippen LogP contribution in [0.1, 0.15) is 26.3 Å². The lowest BCUT2D eigenvalue weighted by Crippen LogP contribution is -2.34. The van der Waals surface area contributed by atoms with Crippen LogP contribution in [0.4, 0.5) is 16.2 Å². The number of nitro groups is 1. The van der Waals surface area contributed by atoms with Gasteiger partial charge in [-0.15, -0.1) is 0 Å². The summed E-state index contributed by atoms with van der Waals surface area (Å²) in [5, 5.41) is 10.7. The minimum atomic E-state index is -0.611. The van der Waals surface area contributed by atoms with Crippen molar-refractivity contribution in [1.82, 2.24) is 0 Å². The van der Waals surface area contributed by atoms with Gasteiger partial charge in [-0.25, -0.2) is 4.79 Å². The number of rotatable bonds is 3. The zero-order valence-electron chi connectivity index (χ0n) is 12.0. The van der Waals surface area contributed by atoms with E-state index in [9.17, 15) is 14.9 Å². The summed E-state index contributed by atoms with van der Waals surface area (Å²) in [4.78, 5) is 23.5. The average molecular weight is 278 g/mol. The number of benzene rings is 1. The Bertz CT molecular complexity index is 547. The molecule has 0 aliphatic heterocycles. The molecule has 108 valence electrons. The number of non-ortho nitro benzene ring substituents is 1. The molecule has 1 amide bonds. The molecular weight excluding hydrogens is 260 g/mol. The molecule has 0 aromatic heterocycles. The molecule has 0 fully saturated rings. The summed E-state index contributed by atoms with van der Waals surface area (Å²) >= 11 is 0. The zero-order valence-corrected chi connectivity index (χ0v) is 12.0. The SMILES string of the molecule is C=Cc1cc([N+](=O)[O-])ccc1N(C)C(=O)OC(C)(C)C. The Kier molecular flexibility index (Phi) is 4.49. The highest BCUT2D eigenvalue weighted by molar-refractivity contribution is 5.90. The summed E-state index contributed by atoms with van der Waals surface area (Å²) in [7, 11) is 1.54. The Morgan fingerprint density at radius 2 is 2.05 bits per heavy atom. The second-order valence-electron chi connectivity index (χ2n) is 5.24. The molecule has 0 aliphatic rings. The van der Waals surface area contributed by atoms with Crippen molar-refractivity contribution in [1.29, 1.82) is 0 Å². The van der Waals surface area contributed by atoms with Gasteiger partial charge in [0.15, 0.2) is 0 Å². The fourth-order valence-electron chi connectivity index (χ4n) is 1.55. The molecular formula is C14H18N2O4. The lowest BCUT2D eigenvalue weighted by atomic mass is 10.1. The molecule has 0 N–H and O–H groups in total. The maximum Gasteiger partial charge on any atom is 0.414 e. The Balaban J connectivity index is 3.10. The first-order valence-corrected chi connectivity index (χ1v) is 6.03. The first-order chi connectivity index (χ1) is 9.15. The Morgan fingerprint density at radius 3 is 2.50 bits per heavy atom. The first-order valence-electron chi connectivity index (χ1n) is 6.03. The van der Waals surface area contributed by atoms with Crippen molar-refractivity contribution in [2.24, 2.45) is 0 Å². The molecule has 0 unspecified atom stereocenters. The largest absolute Gasteiger partial charge is 0.443 e. The van der Waals surface area contributed by atoms with Crippen molar-refractivity contribution >= 4 is 23.5 Å². The quantitative estimate of drug-likeness (QED) is 0.625. The highest BCUT2D eigenvalue weighted by atomic mass is 16.6. The molecule has 1 aromatic carbocycles. The molecule has 0 atom stereocenters. The maximum absolute atomic E-state index is 12.0. The van der Waals surface area contributed by atoms with Crippen LogP contribution in [-0.2, 0) is 4.74 Å². The molecule has 0 heterocycles. The number of amides is 1. The minimum absolute atomic E-state index is 0.0544. The first kappa shape index (κ1) is 15.7. The fraction of sp³-hybridized carbons (Fsp3) is 0.357. The van der Waals surface area contributed by atoms with Crippen LogP contribution in [0.3, 0.4) is 0 Å². The predicted octanol–water partition coefficient (Wildman–Crippen LogP) is 3.61. The third kappa shape index (κ3) is 3.81. The van der Waals surface area contributed by atoms with E-state index in [2.05, 4.69) is 6.58 Å². The van der Waals surface area contributed by atoms with Crippen LogP contribution in [-0.4, -0.2) is 23.7 Å². The molecule has 20 heavy (non-hydrogen) atoms. The number of nitrogens with zero attached hydrogens (tertiary/aromatic N) is 2. The van der Waals surface area contributed by atoms with Gasteiger partial charge in [-0.05, 0) is 26.8 Å². The summed E-state index contributed by atoms with van der Waals surface area (Å²) in [5.74, 6) is 0. The van der Waals surface area contributed by atoms with E-state index in [1.54, 1.807) is 27.8 Å². The van der Waals surface area contributed by atoms with Crippen LogP contribution >= 0.6 is 0 Å². The molecule has 0 saturated heterocycles. The second kappa shape index (κ2) is 5.73.